The first-order valence-corrected chi connectivity index (χ1v) is 4.05. The first-order chi connectivity index (χ1) is 6.15. The molecule has 0 fully saturated rings. The first kappa shape index (κ1) is 10.0. The van der Waals surface area contributed by atoms with E-state index in [1.807, 2.05) is 0 Å². The number of benzene rings is 1. The molecule has 70 valence electrons. The normalized spacial score (nSPS) is 11.0. The topological polar surface area (TPSA) is 46.2 Å². The molecule has 0 saturated carbocycles. The lowest BCUT2D eigenvalue weighted by molar-refractivity contribution is 0.343. The molecule has 3 N–H and O–H groups in total. The second-order valence-corrected chi connectivity index (χ2v) is 2.91. The maximum absolute atomic E-state index is 13.0. The van der Waals surface area contributed by atoms with Crippen LogP contribution in [0.4, 0.5) is 10.1 Å². The summed E-state index contributed by atoms with van der Waals surface area (Å²) in [6, 6.07) is 2.68. The van der Waals surface area contributed by atoms with Gasteiger partial charge in [0.25, 0.3) is 0 Å². The molecule has 0 amide bonds. The minimum Gasteiger partial charge on any atom is -0.396 e. The minimum absolute atomic E-state index is 0.0362. The van der Waals surface area contributed by atoms with Crippen LogP contribution in [0, 0.1) is 5.82 Å². The quantitative estimate of drug-likeness (QED) is 0.720. The summed E-state index contributed by atoms with van der Waals surface area (Å²) in [7, 11) is 0. The van der Waals surface area contributed by atoms with Gasteiger partial charge in [0.05, 0.1) is 12.3 Å². The highest BCUT2D eigenvalue weighted by Gasteiger charge is 2.03. The molecule has 0 heterocycles. The third-order valence-corrected chi connectivity index (χ3v) is 1.75. The van der Waals surface area contributed by atoms with Crippen LogP contribution in [-0.4, -0.2) is 11.7 Å². The van der Waals surface area contributed by atoms with Gasteiger partial charge in [-0.25, -0.2) is 4.39 Å². The van der Waals surface area contributed by atoms with Crippen molar-refractivity contribution in [1.82, 2.24) is 0 Å². The second kappa shape index (κ2) is 4.25. The van der Waals surface area contributed by atoms with Crippen molar-refractivity contribution >= 4 is 23.4 Å². The van der Waals surface area contributed by atoms with Crippen LogP contribution in [0.25, 0.3) is 6.08 Å². The SMILES string of the molecule is Nc1c(F)cc(Cl)cc1C=CCO. The Bertz CT molecular complexity index is 339. The molecule has 0 aliphatic rings. The van der Waals surface area contributed by atoms with Crippen molar-refractivity contribution in [3.63, 3.8) is 0 Å². The molecule has 1 rings (SSSR count). The van der Waals surface area contributed by atoms with Crippen LogP contribution in [0.5, 0.6) is 0 Å². The smallest absolute Gasteiger partial charge is 0.148 e. The predicted octanol–water partition coefficient (Wildman–Crippen LogP) is 2.07. The lowest BCUT2D eigenvalue weighted by atomic mass is 10.1. The van der Waals surface area contributed by atoms with Crippen molar-refractivity contribution in [3.8, 4) is 0 Å². The second-order valence-electron chi connectivity index (χ2n) is 2.48. The van der Waals surface area contributed by atoms with Gasteiger partial charge in [-0.05, 0) is 12.1 Å². The molecule has 13 heavy (non-hydrogen) atoms. The van der Waals surface area contributed by atoms with E-state index >= 15 is 0 Å². The molecule has 0 aliphatic heterocycles. The van der Waals surface area contributed by atoms with E-state index in [0.717, 1.165) is 6.07 Å². The number of hydrogen-bond acceptors (Lipinski definition) is 2. The number of hydrogen-bond donors (Lipinski definition) is 2. The number of halogens is 2. The molecule has 0 aromatic heterocycles. The zero-order valence-corrected chi connectivity index (χ0v) is 7.55. The molecule has 0 radical (unpaired) electrons. The summed E-state index contributed by atoms with van der Waals surface area (Å²) in [6.45, 7) is -0.117. The molecular formula is C9H9ClFNO. The van der Waals surface area contributed by atoms with Gasteiger partial charge < -0.3 is 10.8 Å². The Morgan fingerprint density at radius 1 is 1.54 bits per heavy atom. The van der Waals surface area contributed by atoms with Gasteiger partial charge in [0.2, 0.25) is 0 Å². The number of aliphatic hydroxyl groups is 1. The van der Waals surface area contributed by atoms with Crippen LogP contribution in [0.3, 0.4) is 0 Å². The van der Waals surface area contributed by atoms with Gasteiger partial charge in [0.15, 0.2) is 0 Å². The number of nitrogens with two attached hydrogens (primary N) is 1. The van der Waals surface area contributed by atoms with E-state index in [0.29, 0.717) is 5.56 Å². The monoisotopic (exact) mass is 201 g/mol. The zero-order chi connectivity index (χ0) is 9.84. The van der Waals surface area contributed by atoms with E-state index < -0.39 is 5.82 Å². The predicted molar refractivity (Wildman–Crippen MR) is 51.9 cm³/mol. The van der Waals surface area contributed by atoms with Gasteiger partial charge in [-0.15, -0.1) is 0 Å². The Balaban J connectivity index is 3.12. The van der Waals surface area contributed by atoms with E-state index in [2.05, 4.69) is 0 Å². The maximum Gasteiger partial charge on any atom is 0.148 e. The third kappa shape index (κ3) is 2.44. The van der Waals surface area contributed by atoms with Crippen LogP contribution in [0.2, 0.25) is 5.02 Å². The molecule has 0 aliphatic carbocycles. The fraction of sp³-hybridized carbons (Fsp3) is 0.111. The van der Waals surface area contributed by atoms with E-state index in [4.69, 9.17) is 22.4 Å². The van der Waals surface area contributed by atoms with Crippen LogP contribution in [-0.2, 0) is 0 Å². The molecule has 1 aromatic rings. The Kier molecular flexibility index (Phi) is 3.28. The first-order valence-electron chi connectivity index (χ1n) is 3.67. The summed E-state index contributed by atoms with van der Waals surface area (Å²) in [5.74, 6) is -0.551. The molecule has 0 spiro atoms. The van der Waals surface area contributed by atoms with E-state index in [1.54, 1.807) is 0 Å². The number of nitrogen functional groups attached to an aromatic ring is 1. The Hall–Kier alpha value is -1.06. The Morgan fingerprint density at radius 2 is 2.23 bits per heavy atom. The summed E-state index contributed by atoms with van der Waals surface area (Å²) in [5, 5.41) is 8.78. The highest BCUT2D eigenvalue weighted by Crippen LogP contribution is 2.22. The van der Waals surface area contributed by atoms with Gasteiger partial charge in [-0.3, -0.25) is 0 Å². The van der Waals surface area contributed by atoms with Gasteiger partial charge in [-0.2, -0.15) is 0 Å². The molecule has 0 unspecified atom stereocenters. The molecule has 2 nitrogen and oxygen atoms in total. The average Bonchev–Trinajstić information content (AvgIpc) is 2.09. The molecule has 4 heteroatoms. The van der Waals surface area contributed by atoms with E-state index in [-0.39, 0.29) is 17.3 Å². The lowest BCUT2D eigenvalue weighted by Gasteiger charge is -2.02. The largest absolute Gasteiger partial charge is 0.396 e. The maximum atomic E-state index is 13.0. The lowest BCUT2D eigenvalue weighted by Crippen LogP contribution is -1.94. The molecule has 0 atom stereocenters. The molecule has 0 saturated heterocycles. The van der Waals surface area contributed by atoms with Crippen molar-refractivity contribution in [2.45, 2.75) is 0 Å². The van der Waals surface area contributed by atoms with Crippen molar-refractivity contribution in [1.29, 1.82) is 0 Å². The van der Waals surface area contributed by atoms with Crippen molar-refractivity contribution < 1.29 is 9.50 Å². The average molecular weight is 202 g/mol. The highest BCUT2D eigenvalue weighted by atomic mass is 35.5. The van der Waals surface area contributed by atoms with E-state index in [9.17, 15) is 4.39 Å². The van der Waals surface area contributed by atoms with E-state index in [1.165, 1.54) is 18.2 Å². The fourth-order valence-electron chi connectivity index (χ4n) is 0.922. The number of anilines is 1. The van der Waals surface area contributed by atoms with Crippen LogP contribution < -0.4 is 5.73 Å². The molecule has 0 bridgehead atoms. The minimum atomic E-state index is -0.551. The number of aliphatic hydroxyl groups excluding tert-OH is 1. The summed E-state index contributed by atoms with van der Waals surface area (Å²) in [6.07, 6.45) is 2.98. The van der Waals surface area contributed by atoms with Crippen LogP contribution >= 0.6 is 11.6 Å². The highest BCUT2D eigenvalue weighted by molar-refractivity contribution is 6.30. The van der Waals surface area contributed by atoms with Gasteiger partial charge in [-0.1, -0.05) is 23.8 Å². The summed E-state index contributed by atoms with van der Waals surface area (Å²) < 4.78 is 13.0. The summed E-state index contributed by atoms with van der Waals surface area (Å²) in [5.41, 5.74) is 5.93. The summed E-state index contributed by atoms with van der Waals surface area (Å²) >= 11 is 5.61. The van der Waals surface area contributed by atoms with Crippen molar-refractivity contribution in [3.05, 3.63) is 34.6 Å². The zero-order valence-electron chi connectivity index (χ0n) is 6.80. The van der Waals surface area contributed by atoms with Crippen LogP contribution in [0.15, 0.2) is 18.2 Å². The van der Waals surface area contributed by atoms with Crippen LogP contribution in [0.1, 0.15) is 5.56 Å². The Labute approximate surface area is 80.4 Å². The van der Waals surface area contributed by atoms with Gasteiger partial charge in [0.1, 0.15) is 5.82 Å². The van der Waals surface area contributed by atoms with Crippen molar-refractivity contribution in [2.24, 2.45) is 0 Å². The van der Waals surface area contributed by atoms with Crippen molar-refractivity contribution in [2.75, 3.05) is 12.3 Å². The number of rotatable bonds is 2. The fourth-order valence-corrected chi connectivity index (χ4v) is 1.14. The van der Waals surface area contributed by atoms with Gasteiger partial charge >= 0.3 is 0 Å². The van der Waals surface area contributed by atoms with Gasteiger partial charge in [0, 0.05) is 10.6 Å². The Morgan fingerprint density at radius 3 is 2.85 bits per heavy atom. The molecular weight excluding hydrogens is 193 g/mol. The third-order valence-electron chi connectivity index (χ3n) is 1.53. The summed E-state index contributed by atoms with van der Waals surface area (Å²) in [4.78, 5) is 0. The molecule has 1 aromatic carbocycles. The standard InChI is InChI=1S/C9H9ClFNO/c10-7-4-6(2-1-3-13)9(12)8(11)5-7/h1-2,4-5,13H,3,12H2.